The van der Waals surface area contributed by atoms with Gasteiger partial charge in [-0.15, -0.1) is 0 Å². The minimum atomic E-state index is -0.359. The molecule has 1 aromatic carbocycles. The van der Waals surface area contributed by atoms with Gasteiger partial charge in [0, 0.05) is 17.0 Å². The van der Waals surface area contributed by atoms with E-state index >= 15 is 0 Å². The van der Waals surface area contributed by atoms with Crippen LogP contribution in [0.5, 0.6) is 11.5 Å². The SMILES string of the molecule is COC1=CC[C@]23CCN(C)[C@H](Cc4ccc(OC)c(O)c42)[C@@H]3C1=O. The van der Waals surface area contributed by atoms with E-state index in [0.717, 1.165) is 30.5 Å². The maximum Gasteiger partial charge on any atom is 0.202 e. The zero-order chi connectivity index (χ0) is 17.1. The molecule has 0 radical (unpaired) electrons. The average molecular weight is 329 g/mol. The average Bonchev–Trinajstić information content (AvgIpc) is 2.58. The molecule has 0 unspecified atom stereocenters. The molecule has 4 rings (SSSR count). The summed E-state index contributed by atoms with van der Waals surface area (Å²) in [6.45, 7) is 0.917. The van der Waals surface area contributed by atoms with Gasteiger partial charge in [0.2, 0.25) is 5.78 Å². The minimum Gasteiger partial charge on any atom is -0.504 e. The summed E-state index contributed by atoms with van der Waals surface area (Å²) in [4.78, 5) is 15.4. The molecule has 24 heavy (non-hydrogen) atoms. The highest BCUT2D eigenvalue weighted by molar-refractivity contribution is 5.98. The van der Waals surface area contributed by atoms with Gasteiger partial charge in [0.1, 0.15) is 0 Å². The lowest BCUT2D eigenvalue weighted by Crippen LogP contribution is -2.62. The highest BCUT2D eigenvalue weighted by atomic mass is 16.5. The third kappa shape index (κ3) is 1.82. The number of piperidine rings is 1. The van der Waals surface area contributed by atoms with Crippen molar-refractivity contribution in [1.82, 2.24) is 4.90 Å². The zero-order valence-electron chi connectivity index (χ0n) is 14.3. The van der Waals surface area contributed by atoms with E-state index in [4.69, 9.17) is 9.47 Å². The van der Waals surface area contributed by atoms with Gasteiger partial charge in [0.15, 0.2) is 17.3 Å². The molecule has 5 nitrogen and oxygen atoms in total. The Morgan fingerprint density at radius 2 is 2.08 bits per heavy atom. The molecule has 2 aliphatic carbocycles. The van der Waals surface area contributed by atoms with E-state index in [2.05, 4.69) is 11.9 Å². The fraction of sp³-hybridized carbons (Fsp3) is 0.526. The number of nitrogens with zero attached hydrogens (tertiary/aromatic N) is 1. The van der Waals surface area contributed by atoms with Crippen LogP contribution in [-0.2, 0) is 21.4 Å². The topological polar surface area (TPSA) is 59.0 Å². The summed E-state index contributed by atoms with van der Waals surface area (Å²) in [5.41, 5.74) is 1.68. The number of ketones is 1. The number of benzene rings is 1. The molecule has 1 aromatic rings. The van der Waals surface area contributed by atoms with E-state index in [-0.39, 0.29) is 28.9 Å². The Balaban J connectivity index is 1.97. The summed E-state index contributed by atoms with van der Waals surface area (Å²) in [7, 11) is 5.20. The predicted octanol–water partition coefficient (Wildman–Crippen LogP) is 2.02. The summed E-state index contributed by atoms with van der Waals surface area (Å²) in [6, 6.07) is 4.00. The molecule has 5 heteroatoms. The lowest BCUT2D eigenvalue weighted by molar-refractivity contribution is -0.132. The Morgan fingerprint density at radius 1 is 1.29 bits per heavy atom. The molecular formula is C19H23NO4. The molecule has 0 amide bonds. The van der Waals surface area contributed by atoms with Gasteiger partial charge in [-0.1, -0.05) is 6.07 Å². The molecule has 2 bridgehead atoms. The molecule has 1 N–H and O–H groups in total. The number of methoxy groups -OCH3 is 2. The summed E-state index contributed by atoms with van der Waals surface area (Å²) >= 11 is 0. The Kier molecular flexibility index (Phi) is 3.39. The van der Waals surface area contributed by atoms with Crippen molar-refractivity contribution >= 4 is 5.78 Å². The van der Waals surface area contributed by atoms with Crippen molar-refractivity contribution in [2.75, 3.05) is 27.8 Å². The number of hydrogen-bond donors (Lipinski definition) is 1. The number of phenolic OH excluding ortho intramolecular Hbond substituents is 1. The van der Waals surface area contributed by atoms with Crippen molar-refractivity contribution in [3.8, 4) is 11.5 Å². The molecule has 1 heterocycles. The Hall–Kier alpha value is -2.01. The van der Waals surface area contributed by atoms with E-state index in [9.17, 15) is 9.90 Å². The number of carbonyl (C=O) groups is 1. The normalized spacial score (nSPS) is 31.8. The van der Waals surface area contributed by atoms with Gasteiger partial charge >= 0.3 is 0 Å². The summed E-state index contributed by atoms with van der Waals surface area (Å²) in [6.07, 6.45) is 4.22. The summed E-state index contributed by atoms with van der Waals surface area (Å²) in [5, 5.41) is 10.9. The van der Waals surface area contributed by atoms with Gasteiger partial charge in [-0.2, -0.15) is 0 Å². The number of fused-ring (bicyclic) bond motifs is 1. The van der Waals surface area contributed by atoms with Crippen LogP contribution in [0.4, 0.5) is 0 Å². The smallest absolute Gasteiger partial charge is 0.202 e. The van der Waals surface area contributed by atoms with Crippen molar-refractivity contribution in [3.05, 3.63) is 35.1 Å². The third-order valence-corrected chi connectivity index (χ3v) is 6.23. The van der Waals surface area contributed by atoms with Crippen LogP contribution in [0.15, 0.2) is 24.0 Å². The molecule has 1 saturated heterocycles. The van der Waals surface area contributed by atoms with Gasteiger partial charge in [-0.05, 0) is 50.6 Å². The first-order valence-corrected chi connectivity index (χ1v) is 8.41. The van der Waals surface area contributed by atoms with Gasteiger partial charge in [-0.3, -0.25) is 4.79 Å². The van der Waals surface area contributed by atoms with Crippen LogP contribution in [0, 0.1) is 5.92 Å². The number of rotatable bonds is 2. The summed E-state index contributed by atoms with van der Waals surface area (Å²) in [5.74, 6) is 1.02. The Labute approximate surface area is 141 Å². The fourth-order valence-corrected chi connectivity index (χ4v) is 5.07. The second kappa shape index (κ2) is 5.24. The van der Waals surface area contributed by atoms with Crippen molar-refractivity contribution < 1.29 is 19.4 Å². The van der Waals surface area contributed by atoms with Gasteiger partial charge in [0.25, 0.3) is 0 Å². The van der Waals surface area contributed by atoms with Crippen LogP contribution >= 0.6 is 0 Å². The Morgan fingerprint density at radius 3 is 2.79 bits per heavy atom. The first-order valence-electron chi connectivity index (χ1n) is 8.41. The van der Waals surface area contributed by atoms with E-state index in [1.165, 1.54) is 0 Å². The predicted molar refractivity (Wildman–Crippen MR) is 89.3 cm³/mol. The monoisotopic (exact) mass is 329 g/mol. The van der Waals surface area contributed by atoms with Crippen molar-refractivity contribution in [2.24, 2.45) is 5.92 Å². The molecule has 3 atom stereocenters. The largest absolute Gasteiger partial charge is 0.504 e. The number of phenols is 1. The Bertz CT molecular complexity index is 741. The molecule has 1 aliphatic heterocycles. The molecule has 0 spiro atoms. The second-order valence-corrected chi connectivity index (χ2v) is 7.13. The molecule has 0 aromatic heterocycles. The molecular weight excluding hydrogens is 306 g/mol. The van der Waals surface area contributed by atoms with Crippen LogP contribution in [-0.4, -0.2) is 49.6 Å². The van der Waals surface area contributed by atoms with E-state index in [1.54, 1.807) is 14.2 Å². The maximum absolute atomic E-state index is 13.1. The number of carbonyl (C=O) groups excluding carboxylic acids is 1. The second-order valence-electron chi connectivity index (χ2n) is 7.13. The first-order chi connectivity index (χ1) is 11.5. The lowest BCUT2D eigenvalue weighted by Gasteiger charge is -2.56. The van der Waals surface area contributed by atoms with Crippen LogP contribution in [0.25, 0.3) is 0 Å². The van der Waals surface area contributed by atoms with E-state index in [0.29, 0.717) is 17.9 Å². The number of Topliss-reactive ketones (excluding diaryl/α,β-unsaturated/α-hetero) is 1. The van der Waals surface area contributed by atoms with Crippen LogP contribution < -0.4 is 4.74 Å². The van der Waals surface area contributed by atoms with Crippen molar-refractivity contribution in [1.29, 1.82) is 0 Å². The standard InChI is InChI=1S/C19H23NO4/c1-20-9-8-19-7-6-14(24-3)18(22)16(19)12(20)10-11-4-5-13(23-2)17(21)15(11)19/h4-6,12,16,21H,7-10H2,1-3H3/t12-,16-,19+/m1/s1. The quantitative estimate of drug-likeness (QED) is 0.899. The molecule has 3 aliphatic rings. The van der Waals surface area contributed by atoms with Crippen LogP contribution in [0.1, 0.15) is 24.0 Å². The third-order valence-electron chi connectivity index (χ3n) is 6.23. The minimum absolute atomic E-state index is 0.0631. The molecule has 1 fully saturated rings. The van der Waals surface area contributed by atoms with Gasteiger partial charge < -0.3 is 19.5 Å². The fourth-order valence-electron chi connectivity index (χ4n) is 5.07. The summed E-state index contributed by atoms with van der Waals surface area (Å²) < 4.78 is 10.6. The number of likely N-dealkylation sites (N-methyl/N-ethyl adjacent to an activating group) is 1. The van der Waals surface area contributed by atoms with Crippen molar-refractivity contribution in [3.63, 3.8) is 0 Å². The number of aromatic hydroxyl groups is 1. The highest BCUT2D eigenvalue weighted by Crippen LogP contribution is 2.57. The highest BCUT2D eigenvalue weighted by Gasteiger charge is 2.58. The number of ether oxygens (including phenoxy) is 2. The van der Waals surface area contributed by atoms with E-state index < -0.39 is 0 Å². The molecule has 0 saturated carbocycles. The van der Waals surface area contributed by atoms with Gasteiger partial charge in [0.05, 0.1) is 20.1 Å². The number of likely N-dealkylation sites (tertiary alicyclic amines) is 1. The van der Waals surface area contributed by atoms with Crippen LogP contribution in [0.3, 0.4) is 0 Å². The van der Waals surface area contributed by atoms with E-state index in [1.807, 2.05) is 18.2 Å². The first kappa shape index (κ1) is 15.5. The van der Waals surface area contributed by atoms with Crippen molar-refractivity contribution in [2.45, 2.75) is 30.7 Å². The number of hydrogen-bond acceptors (Lipinski definition) is 5. The molecule has 128 valence electrons. The zero-order valence-corrected chi connectivity index (χ0v) is 14.3. The van der Waals surface area contributed by atoms with Gasteiger partial charge in [-0.25, -0.2) is 0 Å². The maximum atomic E-state index is 13.1. The van der Waals surface area contributed by atoms with Crippen LogP contribution in [0.2, 0.25) is 0 Å². The lowest BCUT2D eigenvalue weighted by atomic mass is 9.53. The number of allylic oxidation sites excluding steroid dienone is 2.